The Labute approximate surface area is 108 Å². The second-order valence-electron chi connectivity index (χ2n) is 5.57. The van der Waals surface area contributed by atoms with Crippen LogP contribution in [0.3, 0.4) is 0 Å². The van der Waals surface area contributed by atoms with Crippen molar-refractivity contribution < 1.29 is 0 Å². The Morgan fingerprint density at radius 3 is 2.33 bits per heavy atom. The fourth-order valence-electron chi connectivity index (χ4n) is 3.38. The molecule has 18 heavy (non-hydrogen) atoms. The van der Waals surface area contributed by atoms with E-state index < -0.39 is 0 Å². The Morgan fingerprint density at radius 2 is 1.78 bits per heavy atom. The molecule has 4 heteroatoms. The average Bonchev–Trinajstić information content (AvgIpc) is 2.88. The van der Waals surface area contributed by atoms with E-state index in [1.807, 2.05) is 6.07 Å². The molecular formula is C14H18N4. The third-order valence-electron chi connectivity index (χ3n) is 4.57. The van der Waals surface area contributed by atoms with Gasteiger partial charge in [0, 0.05) is 13.1 Å². The number of nitrogens with zero attached hydrogens (tertiary/aromatic N) is 4. The third kappa shape index (κ3) is 2.05. The van der Waals surface area contributed by atoms with Crippen LogP contribution in [0.2, 0.25) is 0 Å². The number of aromatic nitrogens is 2. The molecule has 0 aromatic carbocycles. The summed E-state index contributed by atoms with van der Waals surface area (Å²) in [5, 5.41) is 8.71. The second-order valence-corrected chi connectivity index (χ2v) is 5.57. The van der Waals surface area contributed by atoms with Gasteiger partial charge in [-0.15, -0.1) is 0 Å². The van der Waals surface area contributed by atoms with Gasteiger partial charge in [-0.2, -0.15) is 5.26 Å². The van der Waals surface area contributed by atoms with Crippen molar-refractivity contribution in [1.29, 1.82) is 5.26 Å². The highest BCUT2D eigenvalue weighted by atomic mass is 15.2. The maximum absolute atomic E-state index is 8.71. The number of nitriles is 1. The van der Waals surface area contributed by atoms with Gasteiger partial charge in [0.25, 0.3) is 0 Å². The van der Waals surface area contributed by atoms with Crippen LogP contribution in [0.15, 0.2) is 12.4 Å². The van der Waals surface area contributed by atoms with Gasteiger partial charge in [0.15, 0.2) is 5.69 Å². The first-order valence-corrected chi connectivity index (χ1v) is 6.78. The lowest BCUT2D eigenvalue weighted by atomic mass is 9.77. The zero-order valence-corrected chi connectivity index (χ0v) is 10.6. The van der Waals surface area contributed by atoms with E-state index in [1.54, 1.807) is 12.4 Å². The molecule has 0 bridgehead atoms. The van der Waals surface area contributed by atoms with Crippen LogP contribution in [-0.4, -0.2) is 23.1 Å². The number of rotatable bonds is 1. The van der Waals surface area contributed by atoms with E-state index in [-0.39, 0.29) is 0 Å². The molecular weight excluding hydrogens is 224 g/mol. The van der Waals surface area contributed by atoms with E-state index in [0.29, 0.717) is 11.1 Å². The lowest BCUT2D eigenvalue weighted by molar-refractivity contribution is 0.226. The maximum atomic E-state index is 8.71. The molecule has 1 aliphatic heterocycles. The minimum Gasteiger partial charge on any atom is -0.355 e. The van der Waals surface area contributed by atoms with E-state index in [9.17, 15) is 0 Å². The Hall–Kier alpha value is -1.63. The predicted molar refractivity (Wildman–Crippen MR) is 69.1 cm³/mol. The van der Waals surface area contributed by atoms with E-state index >= 15 is 0 Å². The van der Waals surface area contributed by atoms with Gasteiger partial charge < -0.3 is 4.90 Å². The van der Waals surface area contributed by atoms with Crippen LogP contribution < -0.4 is 4.90 Å². The number of anilines is 1. The van der Waals surface area contributed by atoms with Crippen LogP contribution in [0.25, 0.3) is 0 Å². The van der Waals surface area contributed by atoms with Crippen molar-refractivity contribution >= 4 is 5.82 Å². The Kier molecular flexibility index (Phi) is 2.91. The summed E-state index contributed by atoms with van der Waals surface area (Å²) < 4.78 is 0. The van der Waals surface area contributed by atoms with Crippen molar-refractivity contribution in [2.24, 2.45) is 5.41 Å². The van der Waals surface area contributed by atoms with Crippen LogP contribution >= 0.6 is 0 Å². The molecule has 4 nitrogen and oxygen atoms in total. The Balaban J connectivity index is 1.66. The monoisotopic (exact) mass is 242 g/mol. The van der Waals surface area contributed by atoms with E-state index in [2.05, 4.69) is 14.9 Å². The van der Waals surface area contributed by atoms with E-state index in [0.717, 1.165) is 18.9 Å². The number of piperidine rings is 1. The van der Waals surface area contributed by atoms with Crippen LogP contribution in [0.4, 0.5) is 5.82 Å². The molecule has 0 N–H and O–H groups in total. The van der Waals surface area contributed by atoms with Gasteiger partial charge >= 0.3 is 0 Å². The van der Waals surface area contributed by atoms with Gasteiger partial charge in [-0.1, -0.05) is 12.8 Å². The summed E-state index contributed by atoms with van der Waals surface area (Å²) in [6.45, 7) is 2.17. The average molecular weight is 242 g/mol. The fourth-order valence-corrected chi connectivity index (χ4v) is 3.38. The summed E-state index contributed by atoms with van der Waals surface area (Å²) in [4.78, 5) is 10.7. The summed E-state index contributed by atoms with van der Waals surface area (Å²) >= 11 is 0. The lowest BCUT2D eigenvalue weighted by Gasteiger charge is -2.39. The highest BCUT2D eigenvalue weighted by molar-refractivity contribution is 5.37. The molecule has 0 amide bonds. The normalized spacial score (nSPS) is 22.1. The van der Waals surface area contributed by atoms with Crippen LogP contribution in [0, 0.1) is 16.7 Å². The molecule has 3 rings (SSSR count). The molecule has 94 valence electrons. The molecule has 0 unspecified atom stereocenters. The molecule has 1 saturated carbocycles. The third-order valence-corrected chi connectivity index (χ3v) is 4.57. The molecule has 0 radical (unpaired) electrons. The molecule has 2 heterocycles. The van der Waals surface area contributed by atoms with Crippen LogP contribution in [0.1, 0.15) is 44.2 Å². The quantitative estimate of drug-likeness (QED) is 0.759. The summed E-state index contributed by atoms with van der Waals surface area (Å²) in [5.41, 5.74) is 1.03. The van der Waals surface area contributed by atoms with Gasteiger partial charge in [-0.05, 0) is 31.1 Å². The minimum absolute atomic E-state index is 0.392. The largest absolute Gasteiger partial charge is 0.355 e. The second kappa shape index (κ2) is 4.56. The first kappa shape index (κ1) is 11.5. The highest BCUT2D eigenvalue weighted by Crippen LogP contribution is 2.46. The van der Waals surface area contributed by atoms with Gasteiger partial charge in [0.1, 0.15) is 11.9 Å². The van der Waals surface area contributed by atoms with E-state index in [4.69, 9.17) is 5.26 Å². The molecule has 1 saturated heterocycles. The van der Waals surface area contributed by atoms with Gasteiger partial charge in [0.2, 0.25) is 0 Å². The van der Waals surface area contributed by atoms with Crippen LogP contribution in [-0.2, 0) is 0 Å². The summed E-state index contributed by atoms with van der Waals surface area (Å²) in [7, 11) is 0. The highest BCUT2D eigenvalue weighted by Gasteiger charge is 2.37. The molecule has 1 aromatic heterocycles. The van der Waals surface area contributed by atoms with Gasteiger partial charge in [-0.25, -0.2) is 9.97 Å². The summed E-state index contributed by atoms with van der Waals surface area (Å²) in [6.07, 6.45) is 11.5. The predicted octanol–water partition coefficient (Wildman–Crippen LogP) is 2.51. The summed E-state index contributed by atoms with van der Waals surface area (Å²) in [6, 6.07) is 2.00. The van der Waals surface area contributed by atoms with Crippen molar-refractivity contribution in [3.63, 3.8) is 0 Å². The lowest BCUT2D eigenvalue weighted by Crippen LogP contribution is -2.39. The smallest absolute Gasteiger partial charge is 0.158 e. The molecule has 2 aliphatic rings. The first-order chi connectivity index (χ1) is 8.81. The first-order valence-electron chi connectivity index (χ1n) is 6.78. The van der Waals surface area contributed by atoms with Crippen molar-refractivity contribution in [1.82, 2.24) is 9.97 Å². The van der Waals surface area contributed by atoms with Crippen molar-refractivity contribution in [2.75, 3.05) is 18.0 Å². The molecule has 1 spiro atoms. The Morgan fingerprint density at radius 1 is 1.06 bits per heavy atom. The van der Waals surface area contributed by atoms with Gasteiger partial charge in [-0.3, -0.25) is 0 Å². The molecule has 1 aromatic rings. The minimum atomic E-state index is 0.392. The summed E-state index contributed by atoms with van der Waals surface area (Å²) in [5.74, 6) is 0.918. The van der Waals surface area contributed by atoms with Crippen molar-refractivity contribution in [2.45, 2.75) is 38.5 Å². The maximum Gasteiger partial charge on any atom is 0.158 e. The zero-order valence-electron chi connectivity index (χ0n) is 10.6. The van der Waals surface area contributed by atoms with Crippen LogP contribution in [0.5, 0.6) is 0 Å². The molecule has 2 fully saturated rings. The molecule has 1 aliphatic carbocycles. The Bertz CT molecular complexity index is 444. The van der Waals surface area contributed by atoms with E-state index in [1.165, 1.54) is 38.5 Å². The standard InChI is InChI=1S/C14H18N4/c15-9-12-10-17-13(11-16-12)18-7-5-14(6-8-18)3-1-2-4-14/h10-11H,1-8H2. The molecule has 0 atom stereocenters. The SMILES string of the molecule is N#Cc1cnc(N2CCC3(CCCC3)CC2)cn1. The van der Waals surface area contributed by atoms with Crippen molar-refractivity contribution in [3.05, 3.63) is 18.1 Å². The number of hydrogen-bond donors (Lipinski definition) is 0. The zero-order chi connectivity index (χ0) is 12.4. The van der Waals surface area contributed by atoms with Crippen molar-refractivity contribution in [3.8, 4) is 6.07 Å². The number of hydrogen-bond acceptors (Lipinski definition) is 4. The fraction of sp³-hybridized carbons (Fsp3) is 0.643. The van der Waals surface area contributed by atoms with Gasteiger partial charge in [0.05, 0.1) is 12.4 Å². The topological polar surface area (TPSA) is 52.8 Å².